The smallest absolute Gasteiger partial charge is 0.121 e. The first-order chi connectivity index (χ1) is 10.4. The van der Waals surface area contributed by atoms with Crippen molar-refractivity contribution in [1.29, 1.82) is 0 Å². The molecule has 1 aliphatic rings. The molecule has 1 aromatic carbocycles. The molecule has 0 unspecified atom stereocenters. The van der Waals surface area contributed by atoms with Crippen LogP contribution in [-0.2, 0) is 12.3 Å². The van der Waals surface area contributed by atoms with Crippen LogP contribution < -0.4 is 0 Å². The summed E-state index contributed by atoms with van der Waals surface area (Å²) in [5, 5.41) is 1.04. The van der Waals surface area contributed by atoms with Crippen molar-refractivity contribution < 1.29 is 0 Å². The predicted molar refractivity (Wildman–Crippen MR) is 93.2 cm³/mol. The molecule has 0 saturated carbocycles. The minimum atomic E-state index is 0.759. The van der Waals surface area contributed by atoms with Crippen molar-refractivity contribution in [3.8, 4) is 0 Å². The van der Waals surface area contributed by atoms with Crippen LogP contribution in [0, 0.1) is 0 Å². The largest absolute Gasteiger partial charge is 0.271 e. The molecule has 108 valence electrons. The second-order valence-corrected chi connectivity index (χ2v) is 7.03. The molecule has 0 fully saturated rings. The maximum absolute atomic E-state index is 4.77. The molecule has 0 bridgehead atoms. The fraction of sp³-hybridized carbons (Fsp3) is 0.294. The first-order valence-electron chi connectivity index (χ1n) is 7.21. The van der Waals surface area contributed by atoms with Crippen LogP contribution in [-0.4, -0.2) is 15.8 Å². The monoisotopic (exact) mass is 314 g/mol. The Morgan fingerprint density at radius 1 is 1.14 bits per heavy atom. The molecule has 0 aliphatic carbocycles. The zero-order chi connectivity index (χ0) is 14.5. The van der Waals surface area contributed by atoms with Gasteiger partial charge in [-0.25, -0.2) is 4.98 Å². The highest BCUT2D eigenvalue weighted by Gasteiger charge is 2.15. The van der Waals surface area contributed by atoms with E-state index >= 15 is 0 Å². The molecule has 2 heterocycles. The molecule has 1 aliphatic heterocycles. The van der Waals surface area contributed by atoms with Crippen LogP contribution in [0.4, 0.5) is 0 Å². The molecule has 3 rings (SSSR count). The topological polar surface area (TPSA) is 25.2 Å². The molecule has 0 saturated heterocycles. The standard InChI is InChI=1S/C17H18N2S2/c1-2-10-20-12-14-7-5-8-15(19-14)17-18-11-13-6-3-4-9-16(13)21-17/h3-9H,2,10-12H2,1H3. The Kier molecular flexibility index (Phi) is 4.99. The number of aromatic nitrogens is 1. The Hall–Kier alpha value is -1.26. The third-order valence-corrected chi connectivity index (χ3v) is 5.54. The van der Waals surface area contributed by atoms with Crippen LogP contribution in [0.5, 0.6) is 0 Å². The molecule has 0 spiro atoms. The van der Waals surface area contributed by atoms with Gasteiger partial charge in [-0.2, -0.15) is 11.8 Å². The second kappa shape index (κ2) is 7.14. The van der Waals surface area contributed by atoms with Gasteiger partial charge in [-0.15, -0.1) is 0 Å². The summed E-state index contributed by atoms with van der Waals surface area (Å²) in [4.78, 5) is 10.8. The molecule has 0 radical (unpaired) electrons. The molecule has 2 nitrogen and oxygen atoms in total. The van der Waals surface area contributed by atoms with Crippen LogP contribution in [0.15, 0.2) is 52.4 Å². The lowest BCUT2D eigenvalue weighted by Crippen LogP contribution is -2.06. The molecule has 2 aromatic rings. The van der Waals surface area contributed by atoms with Crippen LogP contribution in [0.1, 0.15) is 30.3 Å². The lowest BCUT2D eigenvalue weighted by molar-refractivity contribution is 1.02. The van der Waals surface area contributed by atoms with Crippen molar-refractivity contribution in [2.75, 3.05) is 5.75 Å². The van der Waals surface area contributed by atoms with Crippen molar-refractivity contribution in [2.24, 2.45) is 4.99 Å². The van der Waals surface area contributed by atoms with Gasteiger partial charge >= 0.3 is 0 Å². The van der Waals surface area contributed by atoms with Gasteiger partial charge < -0.3 is 0 Å². The van der Waals surface area contributed by atoms with Crippen molar-refractivity contribution in [2.45, 2.75) is 30.5 Å². The lowest BCUT2D eigenvalue weighted by Gasteiger charge is -2.15. The zero-order valence-electron chi connectivity index (χ0n) is 12.1. The molecule has 21 heavy (non-hydrogen) atoms. The molecule has 0 amide bonds. The maximum Gasteiger partial charge on any atom is 0.121 e. The fourth-order valence-corrected chi connectivity index (χ4v) is 3.93. The first kappa shape index (κ1) is 14.7. The van der Waals surface area contributed by atoms with E-state index < -0.39 is 0 Å². The van der Waals surface area contributed by atoms with Gasteiger partial charge in [0.15, 0.2) is 0 Å². The normalized spacial score (nSPS) is 13.7. The summed E-state index contributed by atoms with van der Waals surface area (Å²) in [6.07, 6.45) is 1.21. The van der Waals surface area contributed by atoms with Gasteiger partial charge in [-0.3, -0.25) is 4.99 Å². The van der Waals surface area contributed by atoms with Crippen LogP contribution in [0.3, 0.4) is 0 Å². The number of nitrogens with zero attached hydrogens (tertiary/aromatic N) is 2. The lowest BCUT2D eigenvalue weighted by atomic mass is 10.2. The number of fused-ring (bicyclic) bond motifs is 1. The average molecular weight is 314 g/mol. The Morgan fingerprint density at radius 3 is 2.95 bits per heavy atom. The van der Waals surface area contributed by atoms with Crippen molar-refractivity contribution in [3.05, 3.63) is 59.4 Å². The molecule has 4 heteroatoms. The fourth-order valence-electron chi connectivity index (χ4n) is 2.16. The summed E-state index contributed by atoms with van der Waals surface area (Å²) in [6.45, 7) is 2.97. The quantitative estimate of drug-likeness (QED) is 0.743. The minimum Gasteiger partial charge on any atom is -0.271 e. The highest BCUT2D eigenvalue weighted by Crippen LogP contribution is 2.31. The summed E-state index contributed by atoms with van der Waals surface area (Å²) in [6, 6.07) is 14.7. The van der Waals surface area contributed by atoms with E-state index in [1.54, 1.807) is 11.8 Å². The van der Waals surface area contributed by atoms with Gasteiger partial charge in [0.05, 0.1) is 17.9 Å². The molecular formula is C17H18N2S2. The third kappa shape index (κ3) is 3.69. The summed E-state index contributed by atoms with van der Waals surface area (Å²) in [5.74, 6) is 2.17. The van der Waals surface area contributed by atoms with E-state index in [9.17, 15) is 0 Å². The van der Waals surface area contributed by atoms with E-state index in [0.717, 1.165) is 28.7 Å². The molecule has 0 atom stereocenters. The number of benzene rings is 1. The summed E-state index contributed by atoms with van der Waals surface area (Å²) in [7, 11) is 0. The third-order valence-electron chi connectivity index (χ3n) is 3.20. The van der Waals surface area contributed by atoms with Gasteiger partial charge in [0.1, 0.15) is 5.04 Å². The van der Waals surface area contributed by atoms with Gasteiger partial charge in [0, 0.05) is 10.6 Å². The number of rotatable bonds is 5. The Balaban J connectivity index is 1.76. The number of hydrogen-bond acceptors (Lipinski definition) is 4. The van der Waals surface area contributed by atoms with Crippen LogP contribution in [0.25, 0.3) is 0 Å². The van der Waals surface area contributed by atoms with Crippen LogP contribution in [0.2, 0.25) is 0 Å². The van der Waals surface area contributed by atoms with E-state index in [0.29, 0.717) is 0 Å². The SMILES string of the molecule is CCCSCc1cccc(C2=NCc3ccccc3S2)n1. The maximum atomic E-state index is 4.77. The predicted octanol–water partition coefficient (Wildman–Crippen LogP) is 4.78. The first-order valence-corrected chi connectivity index (χ1v) is 9.18. The van der Waals surface area contributed by atoms with E-state index in [-0.39, 0.29) is 0 Å². The number of hydrogen-bond donors (Lipinski definition) is 0. The number of pyridine rings is 1. The van der Waals surface area contributed by atoms with E-state index in [1.807, 2.05) is 11.8 Å². The van der Waals surface area contributed by atoms with E-state index in [2.05, 4.69) is 54.4 Å². The summed E-state index contributed by atoms with van der Waals surface area (Å²) < 4.78 is 0. The van der Waals surface area contributed by atoms with Crippen LogP contribution >= 0.6 is 23.5 Å². The Morgan fingerprint density at radius 2 is 2.05 bits per heavy atom. The van der Waals surface area contributed by atoms with E-state index in [4.69, 9.17) is 4.98 Å². The minimum absolute atomic E-state index is 0.759. The Bertz CT molecular complexity index is 653. The Labute approximate surface area is 134 Å². The van der Waals surface area contributed by atoms with Gasteiger partial charge in [-0.1, -0.05) is 43.0 Å². The number of aliphatic imine (C=N–C) groups is 1. The van der Waals surface area contributed by atoms with Gasteiger partial charge in [-0.05, 0) is 35.9 Å². The molecular weight excluding hydrogens is 296 g/mol. The van der Waals surface area contributed by atoms with Gasteiger partial charge in [0.2, 0.25) is 0 Å². The van der Waals surface area contributed by atoms with E-state index in [1.165, 1.54) is 22.6 Å². The highest BCUT2D eigenvalue weighted by molar-refractivity contribution is 8.14. The van der Waals surface area contributed by atoms with Crippen molar-refractivity contribution in [1.82, 2.24) is 4.98 Å². The summed E-state index contributed by atoms with van der Waals surface area (Å²) in [5.41, 5.74) is 3.46. The zero-order valence-corrected chi connectivity index (χ0v) is 13.7. The van der Waals surface area contributed by atoms with Crippen molar-refractivity contribution in [3.63, 3.8) is 0 Å². The molecule has 0 N–H and O–H groups in total. The average Bonchev–Trinajstić information content (AvgIpc) is 2.55. The number of thioether (sulfide) groups is 2. The molecule has 1 aromatic heterocycles. The van der Waals surface area contributed by atoms with Gasteiger partial charge in [0.25, 0.3) is 0 Å². The summed E-state index contributed by atoms with van der Waals surface area (Å²) >= 11 is 3.67. The highest BCUT2D eigenvalue weighted by atomic mass is 32.2. The second-order valence-electron chi connectivity index (χ2n) is 4.90. The van der Waals surface area contributed by atoms with Crippen molar-refractivity contribution >= 4 is 28.6 Å².